The van der Waals surface area contributed by atoms with Crippen LogP contribution < -0.4 is 21.3 Å². The molecule has 2 aromatic carbocycles. The molecule has 2 atom stereocenters. The summed E-state index contributed by atoms with van der Waals surface area (Å²) in [5.41, 5.74) is 3.87. The highest BCUT2D eigenvalue weighted by Crippen LogP contribution is 2.47. The molecule has 18 nitrogen and oxygen atoms in total. The van der Waals surface area contributed by atoms with Crippen LogP contribution in [0.4, 0.5) is 16.2 Å². The van der Waals surface area contributed by atoms with Gasteiger partial charge in [0.15, 0.2) is 0 Å². The van der Waals surface area contributed by atoms with Gasteiger partial charge in [-0.3, -0.25) is 33.6 Å². The number of aliphatic hydroxyl groups is 1. The third-order valence-corrected chi connectivity index (χ3v) is 9.26. The Morgan fingerprint density at radius 3 is 1.85 bits per heavy atom. The minimum Gasteiger partial charge on any atom is -0.494 e. The zero-order valence-electron chi connectivity index (χ0n) is 33.4. The Kier molecular flexibility index (Phi) is 18.3. The third kappa shape index (κ3) is 14.8. The van der Waals surface area contributed by atoms with Gasteiger partial charge in [0.2, 0.25) is 23.6 Å². The van der Waals surface area contributed by atoms with E-state index in [0.717, 1.165) is 11.1 Å². The molecule has 6 amide bonds. The minimum atomic E-state index is -1.25. The van der Waals surface area contributed by atoms with Crippen molar-refractivity contribution in [1.29, 1.82) is 0 Å². The summed E-state index contributed by atoms with van der Waals surface area (Å²) in [6, 6.07) is 10.6. The SMILES string of the molecule is C=C(COC)OCCNC(=O)CCCC(=O)Nc1ccc2c(c1)C(COC(=O)ON1C(=O)CCC1=O)c1cc(NC(=O)CCCC(=O)NCCOC(C)CCO)ccc1-2. The number of rotatable bonds is 25. The Morgan fingerprint density at radius 1 is 0.797 bits per heavy atom. The molecule has 1 aliphatic carbocycles. The minimum absolute atomic E-state index is 0.0213. The Hall–Kier alpha value is -5.85. The van der Waals surface area contributed by atoms with E-state index in [9.17, 15) is 33.6 Å². The molecule has 4 rings (SSSR count). The molecule has 2 unspecified atom stereocenters. The zero-order valence-corrected chi connectivity index (χ0v) is 33.4. The molecule has 2 aromatic rings. The van der Waals surface area contributed by atoms with Crippen LogP contribution in [0.1, 0.15) is 81.8 Å². The third-order valence-electron chi connectivity index (χ3n) is 9.26. The van der Waals surface area contributed by atoms with E-state index in [-0.39, 0.29) is 101 Å². The van der Waals surface area contributed by atoms with Crippen molar-refractivity contribution in [3.8, 4) is 11.1 Å². The maximum atomic E-state index is 12.9. The van der Waals surface area contributed by atoms with E-state index in [1.54, 1.807) is 24.3 Å². The number of benzene rings is 2. The van der Waals surface area contributed by atoms with E-state index in [1.807, 2.05) is 19.1 Å². The number of carbonyl (C=O) groups excluding carboxylic acids is 7. The molecule has 0 radical (unpaired) electrons. The molecular formula is C41H53N5O13. The van der Waals surface area contributed by atoms with Crippen LogP contribution in [0.5, 0.6) is 0 Å². The van der Waals surface area contributed by atoms with Gasteiger partial charge >= 0.3 is 6.16 Å². The molecule has 5 N–H and O–H groups in total. The van der Waals surface area contributed by atoms with E-state index in [0.29, 0.717) is 65.7 Å². The molecule has 320 valence electrons. The number of nitrogens with one attached hydrogen (secondary N) is 4. The average molecular weight is 824 g/mol. The predicted molar refractivity (Wildman–Crippen MR) is 212 cm³/mol. The first-order chi connectivity index (χ1) is 28.4. The maximum absolute atomic E-state index is 12.9. The number of hydrogen-bond donors (Lipinski definition) is 5. The van der Waals surface area contributed by atoms with Gasteiger partial charge < -0.3 is 45.3 Å². The standard InChI is InChI=1S/C41H53N5O13/c1-26(16-19-47)56-20-17-42-35(48)6-4-8-37(50)44-28-10-12-30-31-13-11-29(45-38(51)9-5-7-36(49)43-18-21-57-27(2)24-55-3)23-33(31)34(32(30)22-28)25-58-41(54)59-46-39(52)14-15-40(46)53/h10-13,22-23,26,34,47H,2,4-9,14-21,24-25H2,1,3H3,(H,42,48)(H,43,49)(H,44,50)(H,45,51). The topological polar surface area (TPSA) is 237 Å². The van der Waals surface area contributed by atoms with Gasteiger partial charge in [-0.05, 0) is 72.7 Å². The molecule has 1 heterocycles. The molecule has 18 heteroatoms. The first-order valence-corrected chi connectivity index (χ1v) is 19.5. The fraction of sp³-hybridized carbons (Fsp3) is 0.488. The Morgan fingerprint density at radius 2 is 1.32 bits per heavy atom. The van der Waals surface area contributed by atoms with Crippen LogP contribution in [0.2, 0.25) is 0 Å². The van der Waals surface area contributed by atoms with Gasteiger partial charge in [0.25, 0.3) is 11.8 Å². The summed E-state index contributed by atoms with van der Waals surface area (Å²) < 4.78 is 21.2. The largest absolute Gasteiger partial charge is 0.533 e. The molecule has 1 fully saturated rings. The van der Waals surface area contributed by atoms with E-state index in [2.05, 4.69) is 27.8 Å². The van der Waals surface area contributed by atoms with Crippen molar-refractivity contribution in [2.75, 3.05) is 63.9 Å². The highest BCUT2D eigenvalue weighted by atomic mass is 16.8. The lowest BCUT2D eigenvalue weighted by Crippen LogP contribution is -2.32. The van der Waals surface area contributed by atoms with Crippen molar-refractivity contribution in [3.05, 3.63) is 59.9 Å². The number of ether oxygens (including phenoxy) is 4. The van der Waals surface area contributed by atoms with Crippen LogP contribution in [0.3, 0.4) is 0 Å². The number of imide groups is 1. The number of hydrogen-bond acceptors (Lipinski definition) is 13. The molecular weight excluding hydrogens is 770 g/mol. The number of hydroxylamine groups is 2. The molecule has 0 aromatic heterocycles. The second-order valence-corrected chi connectivity index (χ2v) is 13.9. The van der Waals surface area contributed by atoms with Crippen LogP contribution in [0, 0.1) is 0 Å². The molecule has 2 aliphatic rings. The summed E-state index contributed by atoms with van der Waals surface area (Å²) >= 11 is 0. The number of carbonyl (C=O) groups is 7. The molecule has 0 bridgehead atoms. The number of amides is 6. The number of aliphatic hydroxyl groups excluding tert-OH is 1. The number of anilines is 2. The first kappa shape index (κ1) is 45.8. The van der Waals surface area contributed by atoms with E-state index in [1.165, 1.54) is 7.11 Å². The summed E-state index contributed by atoms with van der Waals surface area (Å²) in [4.78, 5) is 91.7. The number of fused-ring (bicyclic) bond motifs is 3. The summed E-state index contributed by atoms with van der Waals surface area (Å²) in [5, 5.41) is 20.5. The second-order valence-electron chi connectivity index (χ2n) is 13.9. The smallest absolute Gasteiger partial charge is 0.494 e. The van der Waals surface area contributed by atoms with Gasteiger partial charge in [0.05, 0.1) is 19.3 Å². The Balaban J connectivity index is 1.34. The Labute approximate surface area is 342 Å². The highest BCUT2D eigenvalue weighted by Gasteiger charge is 2.35. The lowest BCUT2D eigenvalue weighted by Gasteiger charge is -2.17. The van der Waals surface area contributed by atoms with E-state index in [4.69, 9.17) is 28.9 Å². The normalized spacial score (nSPS) is 14.5. The average Bonchev–Trinajstić information content (AvgIpc) is 3.67. The van der Waals surface area contributed by atoms with Crippen molar-refractivity contribution in [2.45, 2.75) is 76.7 Å². The predicted octanol–water partition coefficient (Wildman–Crippen LogP) is 3.43. The number of methoxy groups -OCH3 is 1. The lowest BCUT2D eigenvalue weighted by molar-refractivity contribution is -0.177. The first-order valence-electron chi connectivity index (χ1n) is 19.5. The highest BCUT2D eigenvalue weighted by molar-refractivity contribution is 6.01. The Bertz CT molecular complexity index is 1840. The lowest BCUT2D eigenvalue weighted by atomic mass is 9.97. The molecule has 0 spiro atoms. The van der Waals surface area contributed by atoms with Gasteiger partial charge in [-0.2, -0.15) is 0 Å². The molecule has 1 aliphatic heterocycles. The van der Waals surface area contributed by atoms with Crippen LogP contribution >= 0.6 is 0 Å². The van der Waals surface area contributed by atoms with Gasteiger partial charge in [0, 0.05) is 76.1 Å². The van der Waals surface area contributed by atoms with Gasteiger partial charge in [-0.1, -0.05) is 23.8 Å². The molecule has 0 saturated carbocycles. The fourth-order valence-electron chi connectivity index (χ4n) is 6.35. The maximum Gasteiger partial charge on any atom is 0.533 e. The monoisotopic (exact) mass is 823 g/mol. The molecule has 59 heavy (non-hydrogen) atoms. The van der Waals surface area contributed by atoms with Crippen molar-refractivity contribution in [1.82, 2.24) is 15.7 Å². The van der Waals surface area contributed by atoms with Crippen molar-refractivity contribution in [2.24, 2.45) is 0 Å². The van der Waals surface area contributed by atoms with Gasteiger partial charge in [-0.25, -0.2) is 4.79 Å². The molecule has 1 saturated heterocycles. The van der Waals surface area contributed by atoms with Crippen LogP contribution in [0.25, 0.3) is 11.1 Å². The zero-order chi connectivity index (χ0) is 42.7. The van der Waals surface area contributed by atoms with Crippen molar-refractivity contribution < 1.29 is 62.5 Å². The van der Waals surface area contributed by atoms with Gasteiger partial charge in [0.1, 0.15) is 25.6 Å². The quantitative estimate of drug-likeness (QED) is 0.0418. The second kappa shape index (κ2) is 23.5. The fourth-order valence-corrected chi connectivity index (χ4v) is 6.35. The van der Waals surface area contributed by atoms with Crippen LogP contribution in [-0.4, -0.2) is 111 Å². The summed E-state index contributed by atoms with van der Waals surface area (Å²) in [5.74, 6) is -2.54. The van der Waals surface area contributed by atoms with Crippen molar-refractivity contribution in [3.63, 3.8) is 0 Å². The van der Waals surface area contributed by atoms with E-state index >= 15 is 0 Å². The van der Waals surface area contributed by atoms with E-state index < -0.39 is 23.9 Å². The van der Waals surface area contributed by atoms with Crippen LogP contribution in [0.15, 0.2) is 48.7 Å². The van der Waals surface area contributed by atoms with Crippen LogP contribution in [-0.2, 0) is 52.6 Å². The van der Waals surface area contributed by atoms with Gasteiger partial charge in [-0.15, -0.1) is 0 Å². The summed E-state index contributed by atoms with van der Waals surface area (Å²) in [6.07, 6.45) is 0.00658. The summed E-state index contributed by atoms with van der Waals surface area (Å²) in [7, 11) is 1.52. The summed E-state index contributed by atoms with van der Waals surface area (Å²) in [6.45, 7) is 6.68. The van der Waals surface area contributed by atoms with Crippen molar-refractivity contribution >= 4 is 53.0 Å². The number of nitrogens with zero attached hydrogens (tertiary/aromatic N) is 1.